The van der Waals surface area contributed by atoms with E-state index in [4.69, 9.17) is 0 Å². The van der Waals surface area contributed by atoms with Crippen molar-refractivity contribution in [1.29, 1.82) is 0 Å². The molecule has 0 spiro atoms. The van der Waals surface area contributed by atoms with Gasteiger partial charge in [0.15, 0.2) is 17.6 Å². The molecule has 3 aromatic rings. The van der Waals surface area contributed by atoms with Gasteiger partial charge in [-0.3, -0.25) is 9.79 Å². The Hall–Kier alpha value is -2.81. The Morgan fingerprint density at radius 1 is 1.19 bits per heavy atom. The van der Waals surface area contributed by atoms with Gasteiger partial charge in [0.05, 0.1) is 6.61 Å². The Morgan fingerprint density at radius 2 is 1.97 bits per heavy atom. The molecule has 0 aliphatic carbocycles. The van der Waals surface area contributed by atoms with Crippen molar-refractivity contribution in [2.24, 2.45) is 4.99 Å². The highest BCUT2D eigenvalue weighted by molar-refractivity contribution is 7.09. The minimum absolute atomic E-state index is 0. The van der Waals surface area contributed by atoms with Gasteiger partial charge in [-0.15, -0.1) is 12.4 Å². The summed E-state index contributed by atoms with van der Waals surface area (Å²) in [6, 6.07) is 16.9. The van der Waals surface area contributed by atoms with Gasteiger partial charge in [0, 0.05) is 48.2 Å². The number of aliphatic hydroxyl groups excluding tert-OH is 1. The SMILES string of the molecule is CC(c1cccc(C(=O)c2ccccc2)c1)c1nsc(NC2=NCCCN2CCO)n1.Cl. The standard InChI is InChI=1S/C23H25N5O2S.ClH/c1-16(18-9-5-10-19(15-18)20(30)17-7-3-2-4-8-17)21-25-23(31-27-21)26-22-24-11-6-12-28(22)13-14-29;/h2-5,7-10,15-16,29H,6,11-14H2,1H3,(H,24,25,26,27);1H. The second-order valence-electron chi connectivity index (χ2n) is 7.39. The number of halogens is 1. The highest BCUT2D eigenvalue weighted by atomic mass is 35.5. The number of rotatable bonds is 7. The highest BCUT2D eigenvalue weighted by Gasteiger charge is 2.20. The van der Waals surface area contributed by atoms with Crippen LogP contribution in [-0.2, 0) is 0 Å². The number of hydrogen-bond acceptors (Lipinski definition) is 8. The Balaban J connectivity index is 0.00000289. The molecule has 32 heavy (non-hydrogen) atoms. The van der Waals surface area contributed by atoms with Gasteiger partial charge < -0.3 is 15.3 Å². The van der Waals surface area contributed by atoms with E-state index in [1.54, 1.807) is 0 Å². The molecule has 2 N–H and O–H groups in total. The van der Waals surface area contributed by atoms with Gasteiger partial charge >= 0.3 is 0 Å². The average molecular weight is 472 g/mol. The summed E-state index contributed by atoms with van der Waals surface area (Å²) >= 11 is 1.28. The van der Waals surface area contributed by atoms with Gasteiger partial charge in [-0.1, -0.05) is 55.5 Å². The van der Waals surface area contributed by atoms with Crippen molar-refractivity contribution in [2.45, 2.75) is 19.3 Å². The molecule has 1 unspecified atom stereocenters. The van der Waals surface area contributed by atoms with Gasteiger partial charge in [-0.05, 0) is 18.1 Å². The normalized spacial score (nSPS) is 14.3. The van der Waals surface area contributed by atoms with Crippen molar-refractivity contribution in [3.8, 4) is 0 Å². The van der Waals surface area contributed by atoms with E-state index < -0.39 is 0 Å². The monoisotopic (exact) mass is 471 g/mol. The van der Waals surface area contributed by atoms with E-state index in [2.05, 4.69) is 19.7 Å². The molecule has 0 saturated carbocycles. The van der Waals surface area contributed by atoms with Gasteiger partial charge in [-0.2, -0.15) is 4.37 Å². The molecule has 9 heteroatoms. The number of β-amino-alcohol motifs (C(OH)–C–C–N with tert-alkyl or cyclic N) is 1. The topological polar surface area (TPSA) is 90.7 Å². The zero-order valence-electron chi connectivity index (χ0n) is 17.8. The molecule has 2 aromatic carbocycles. The molecule has 168 valence electrons. The molecule has 0 saturated heterocycles. The van der Waals surface area contributed by atoms with Crippen LogP contribution in [0.1, 0.15) is 46.6 Å². The third-order valence-corrected chi connectivity index (χ3v) is 5.89. The number of carbonyl (C=O) groups is 1. The lowest BCUT2D eigenvalue weighted by Gasteiger charge is -2.28. The lowest BCUT2D eigenvalue weighted by Crippen LogP contribution is -2.41. The van der Waals surface area contributed by atoms with Crippen LogP contribution in [0.25, 0.3) is 0 Å². The van der Waals surface area contributed by atoms with Crippen molar-refractivity contribution >= 4 is 40.8 Å². The number of nitrogens with one attached hydrogen (secondary N) is 1. The van der Waals surface area contributed by atoms with Crippen LogP contribution in [0, 0.1) is 0 Å². The number of benzene rings is 2. The molecular weight excluding hydrogens is 446 g/mol. The molecule has 1 aliphatic rings. The largest absolute Gasteiger partial charge is 0.395 e. The number of nitrogens with zero attached hydrogens (tertiary/aromatic N) is 4. The van der Waals surface area contributed by atoms with E-state index in [-0.39, 0.29) is 30.7 Å². The molecule has 1 atom stereocenters. The first-order chi connectivity index (χ1) is 15.2. The van der Waals surface area contributed by atoms with Crippen molar-refractivity contribution < 1.29 is 9.90 Å². The second-order valence-corrected chi connectivity index (χ2v) is 8.15. The minimum Gasteiger partial charge on any atom is -0.395 e. The summed E-state index contributed by atoms with van der Waals surface area (Å²) in [6.07, 6.45) is 0.974. The van der Waals surface area contributed by atoms with E-state index >= 15 is 0 Å². The third kappa shape index (κ3) is 5.51. The van der Waals surface area contributed by atoms with Crippen LogP contribution < -0.4 is 5.32 Å². The zero-order chi connectivity index (χ0) is 21.6. The second kappa shape index (κ2) is 11.2. The lowest BCUT2D eigenvalue weighted by atomic mass is 9.95. The average Bonchev–Trinajstić information content (AvgIpc) is 3.29. The summed E-state index contributed by atoms with van der Waals surface area (Å²) < 4.78 is 4.52. The first-order valence-electron chi connectivity index (χ1n) is 10.4. The first-order valence-corrected chi connectivity index (χ1v) is 11.1. The third-order valence-electron chi connectivity index (χ3n) is 5.25. The number of aromatic nitrogens is 2. The van der Waals surface area contributed by atoms with Crippen LogP contribution in [0.15, 0.2) is 59.6 Å². The fourth-order valence-corrected chi connectivity index (χ4v) is 4.17. The summed E-state index contributed by atoms with van der Waals surface area (Å²) in [5.74, 6) is 1.37. The maximum Gasteiger partial charge on any atom is 0.209 e. The first kappa shape index (κ1) is 23.8. The Morgan fingerprint density at radius 3 is 2.75 bits per heavy atom. The molecular formula is C23H26ClN5O2S. The van der Waals surface area contributed by atoms with Crippen LogP contribution in [-0.4, -0.2) is 57.3 Å². The number of guanidine groups is 1. The van der Waals surface area contributed by atoms with Gasteiger partial charge in [0.2, 0.25) is 5.13 Å². The number of aliphatic hydroxyl groups is 1. The maximum atomic E-state index is 12.8. The van der Waals surface area contributed by atoms with Crippen molar-refractivity contribution in [3.63, 3.8) is 0 Å². The van der Waals surface area contributed by atoms with E-state index in [0.29, 0.717) is 28.6 Å². The van der Waals surface area contributed by atoms with Crippen LogP contribution in [0.3, 0.4) is 0 Å². The highest BCUT2D eigenvalue weighted by Crippen LogP contribution is 2.26. The van der Waals surface area contributed by atoms with Crippen molar-refractivity contribution in [1.82, 2.24) is 14.3 Å². The summed E-state index contributed by atoms with van der Waals surface area (Å²) in [5.41, 5.74) is 2.31. The fourth-order valence-electron chi connectivity index (χ4n) is 3.52. The predicted molar refractivity (Wildman–Crippen MR) is 130 cm³/mol. The molecule has 2 heterocycles. The molecule has 0 amide bonds. The number of ketones is 1. The number of carbonyl (C=O) groups excluding carboxylic acids is 1. The summed E-state index contributed by atoms with van der Waals surface area (Å²) in [7, 11) is 0. The number of anilines is 1. The predicted octanol–water partition coefficient (Wildman–Crippen LogP) is 3.81. The van der Waals surface area contributed by atoms with Crippen LogP contribution in [0.5, 0.6) is 0 Å². The van der Waals surface area contributed by atoms with Crippen molar-refractivity contribution in [2.75, 3.05) is 31.6 Å². The molecule has 0 bridgehead atoms. The minimum atomic E-state index is -0.0582. The Kier molecular flexibility index (Phi) is 8.33. The molecule has 4 rings (SSSR count). The fraction of sp³-hybridized carbons (Fsp3) is 0.304. The Bertz CT molecular complexity index is 1070. The van der Waals surface area contributed by atoms with Gasteiger partial charge in [-0.25, -0.2) is 4.98 Å². The summed E-state index contributed by atoms with van der Waals surface area (Å²) in [5, 5.41) is 13.2. The molecule has 1 aliphatic heterocycles. The number of hydrogen-bond donors (Lipinski definition) is 2. The molecule has 1 aromatic heterocycles. The van der Waals surface area contributed by atoms with E-state index in [0.717, 1.165) is 31.0 Å². The van der Waals surface area contributed by atoms with E-state index in [1.807, 2.05) is 66.4 Å². The van der Waals surface area contributed by atoms with Crippen molar-refractivity contribution in [3.05, 3.63) is 77.1 Å². The molecule has 7 nitrogen and oxygen atoms in total. The maximum absolute atomic E-state index is 12.8. The lowest BCUT2D eigenvalue weighted by molar-refractivity contribution is 0.103. The van der Waals surface area contributed by atoms with Gasteiger partial charge in [0.25, 0.3) is 0 Å². The number of aliphatic imine (C=N–C) groups is 1. The quantitative estimate of drug-likeness (QED) is 0.509. The molecule has 0 radical (unpaired) electrons. The van der Waals surface area contributed by atoms with Gasteiger partial charge in [0.1, 0.15) is 0 Å². The van der Waals surface area contributed by atoms with Crippen LogP contribution >= 0.6 is 23.9 Å². The zero-order valence-corrected chi connectivity index (χ0v) is 19.4. The summed E-state index contributed by atoms with van der Waals surface area (Å²) in [4.78, 5) is 24.0. The Labute approximate surface area is 197 Å². The smallest absolute Gasteiger partial charge is 0.209 e. The van der Waals surface area contributed by atoms with Crippen LogP contribution in [0.4, 0.5) is 5.13 Å². The van der Waals surface area contributed by atoms with E-state index in [1.165, 1.54) is 11.5 Å². The van der Waals surface area contributed by atoms with E-state index in [9.17, 15) is 9.90 Å². The molecule has 0 fully saturated rings. The summed E-state index contributed by atoms with van der Waals surface area (Å²) in [6.45, 7) is 4.27. The van der Waals surface area contributed by atoms with Crippen LogP contribution in [0.2, 0.25) is 0 Å².